The minimum atomic E-state index is -0.711. The largest absolute Gasteiger partial charge is 0.465 e. The fourth-order valence-electron chi connectivity index (χ4n) is 2.42. The van der Waals surface area contributed by atoms with Crippen molar-refractivity contribution in [2.75, 3.05) is 24.4 Å². The van der Waals surface area contributed by atoms with Crippen LogP contribution in [0.3, 0.4) is 0 Å². The van der Waals surface area contributed by atoms with Gasteiger partial charge < -0.3 is 19.7 Å². The molecule has 1 N–H and O–H groups in total. The maximum atomic E-state index is 12.5. The van der Waals surface area contributed by atoms with Gasteiger partial charge in [-0.15, -0.1) is 0 Å². The summed E-state index contributed by atoms with van der Waals surface area (Å²) in [5.74, 6) is -1.78. The van der Waals surface area contributed by atoms with Gasteiger partial charge in [0.05, 0.1) is 31.2 Å². The maximum absolute atomic E-state index is 12.5. The van der Waals surface area contributed by atoms with Gasteiger partial charge in [0.1, 0.15) is 5.70 Å². The Morgan fingerprint density at radius 1 is 1.00 bits per heavy atom. The van der Waals surface area contributed by atoms with E-state index in [1.54, 1.807) is 56.5 Å². The average molecular weight is 370 g/mol. The monoisotopic (exact) mass is 370 g/mol. The predicted molar refractivity (Wildman–Crippen MR) is 102 cm³/mol. The van der Waals surface area contributed by atoms with Crippen molar-refractivity contribution in [3.05, 3.63) is 60.0 Å². The number of hydrogen-bond acceptors (Lipinski definition) is 6. The number of benzene rings is 1. The lowest BCUT2D eigenvalue weighted by Crippen LogP contribution is -2.28. The van der Waals surface area contributed by atoms with Crippen LogP contribution in [-0.2, 0) is 23.9 Å². The molecule has 0 spiro atoms. The summed E-state index contributed by atoms with van der Waals surface area (Å²) < 4.78 is 9.68. The number of amides is 1. The van der Waals surface area contributed by atoms with Gasteiger partial charge in [-0.05, 0) is 24.3 Å². The quantitative estimate of drug-likeness (QED) is 0.803. The minimum absolute atomic E-state index is 0.0133. The Morgan fingerprint density at radius 2 is 1.67 bits per heavy atom. The first-order valence-electron chi connectivity index (χ1n) is 8.35. The number of ether oxygens (including phenoxy) is 2. The van der Waals surface area contributed by atoms with Crippen LogP contribution >= 0.6 is 0 Å². The SMILES string of the molecule is COC(=O)C1=C(C(=O)OC)N(c2ccccc2NC(=O)C(C)C)C=CC=C1. The molecule has 1 aliphatic heterocycles. The molecule has 1 aliphatic rings. The second kappa shape index (κ2) is 8.84. The Balaban J connectivity index is 2.63. The van der Waals surface area contributed by atoms with Crippen molar-refractivity contribution in [2.45, 2.75) is 13.8 Å². The molecular formula is C20H22N2O5. The van der Waals surface area contributed by atoms with E-state index in [2.05, 4.69) is 5.32 Å². The number of nitrogens with zero attached hydrogens (tertiary/aromatic N) is 1. The molecule has 0 saturated heterocycles. The van der Waals surface area contributed by atoms with Crippen LogP contribution in [-0.4, -0.2) is 32.1 Å². The number of nitrogens with one attached hydrogen (secondary N) is 1. The van der Waals surface area contributed by atoms with Gasteiger partial charge >= 0.3 is 11.9 Å². The molecule has 142 valence electrons. The summed E-state index contributed by atoms with van der Waals surface area (Å²) in [4.78, 5) is 38.4. The lowest BCUT2D eigenvalue weighted by Gasteiger charge is -2.25. The predicted octanol–water partition coefficient (Wildman–Crippen LogP) is 2.77. The molecule has 1 amide bonds. The highest BCUT2D eigenvalue weighted by Crippen LogP contribution is 2.32. The van der Waals surface area contributed by atoms with E-state index >= 15 is 0 Å². The summed E-state index contributed by atoms with van der Waals surface area (Å²) >= 11 is 0. The first-order chi connectivity index (χ1) is 12.9. The smallest absolute Gasteiger partial charge is 0.355 e. The lowest BCUT2D eigenvalue weighted by molar-refractivity contribution is -0.139. The van der Waals surface area contributed by atoms with E-state index in [1.165, 1.54) is 25.2 Å². The fourth-order valence-corrected chi connectivity index (χ4v) is 2.42. The Kier molecular flexibility index (Phi) is 6.54. The van der Waals surface area contributed by atoms with Gasteiger partial charge in [0.15, 0.2) is 0 Å². The molecule has 0 unspecified atom stereocenters. The van der Waals surface area contributed by atoms with Crippen LogP contribution in [0.1, 0.15) is 13.8 Å². The number of para-hydroxylation sites is 2. The first kappa shape index (κ1) is 20.0. The molecule has 0 saturated carbocycles. The summed E-state index contributed by atoms with van der Waals surface area (Å²) in [5, 5.41) is 2.84. The van der Waals surface area contributed by atoms with Gasteiger partial charge in [-0.1, -0.05) is 32.1 Å². The van der Waals surface area contributed by atoms with Crippen LogP contribution in [0.2, 0.25) is 0 Å². The van der Waals surface area contributed by atoms with Crippen LogP contribution in [0, 0.1) is 5.92 Å². The van der Waals surface area contributed by atoms with E-state index in [9.17, 15) is 14.4 Å². The van der Waals surface area contributed by atoms with Crippen molar-refractivity contribution >= 4 is 29.2 Å². The zero-order chi connectivity index (χ0) is 20.0. The van der Waals surface area contributed by atoms with Crippen molar-refractivity contribution in [1.82, 2.24) is 0 Å². The Morgan fingerprint density at radius 3 is 2.30 bits per heavy atom. The van der Waals surface area contributed by atoms with Gasteiger partial charge in [0, 0.05) is 12.1 Å². The molecule has 0 bridgehead atoms. The Labute approximate surface area is 157 Å². The van der Waals surface area contributed by atoms with Gasteiger partial charge in [0.2, 0.25) is 5.91 Å². The standard InChI is InChI=1S/C20H22N2O5/c1-13(2)18(23)21-15-10-5-6-11-16(15)22-12-8-7-9-14(19(24)26-3)17(22)20(25)27-4/h5-13H,1-4H3,(H,21,23). The van der Waals surface area contributed by atoms with Crippen molar-refractivity contribution < 1.29 is 23.9 Å². The van der Waals surface area contributed by atoms with Crippen LogP contribution < -0.4 is 10.2 Å². The second-order valence-corrected chi connectivity index (χ2v) is 5.98. The average Bonchev–Trinajstić information content (AvgIpc) is 2.89. The molecule has 7 heteroatoms. The zero-order valence-corrected chi connectivity index (χ0v) is 15.7. The summed E-state index contributed by atoms with van der Waals surface area (Å²) in [6, 6.07) is 6.97. The third-order valence-electron chi connectivity index (χ3n) is 3.84. The van der Waals surface area contributed by atoms with Gasteiger partial charge in [0.25, 0.3) is 0 Å². The molecule has 2 rings (SSSR count). The number of methoxy groups -OCH3 is 2. The third-order valence-corrected chi connectivity index (χ3v) is 3.84. The van der Waals surface area contributed by atoms with Crippen molar-refractivity contribution in [1.29, 1.82) is 0 Å². The molecule has 0 radical (unpaired) electrons. The van der Waals surface area contributed by atoms with Crippen LogP contribution in [0.4, 0.5) is 11.4 Å². The number of anilines is 2. The summed E-state index contributed by atoms with van der Waals surface area (Å²) in [7, 11) is 2.46. The molecule has 1 aromatic carbocycles. The maximum Gasteiger partial charge on any atom is 0.355 e. The molecule has 27 heavy (non-hydrogen) atoms. The van der Waals surface area contributed by atoms with Gasteiger partial charge in [-0.25, -0.2) is 9.59 Å². The number of esters is 2. The third kappa shape index (κ3) is 4.44. The highest BCUT2D eigenvalue weighted by molar-refractivity contribution is 6.06. The van der Waals surface area contributed by atoms with Crippen molar-refractivity contribution in [3.8, 4) is 0 Å². The molecule has 0 aliphatic carbocycles. The number of carbonyl (C=O) groups excluding carboxylic acids is 3. The molecule has 1 heterocycles. The van der Waals surface area contributed by atoms with Crippen LogP contribution in [0.25, 0.3) is 0 Å². The Hall–Kier alpha value is -3.35. The van der Waals surface area contributed by atoms with Crippen molar-refractivity contribution in [3.63, 3.8) is 0 Å². The first-order valence-corrected chi connectivity index (χ1v) is 8.35. The number of carbonyl (C=O) groups is 3. The summed E-state index contributed by atoms with van der Waals surface area (Å²) in [5.41, 5.74) is 1.03. The van der Waals surface area contributed by atoms with E-state index in [-0.39, 0.29) is 23.1 Å². The van der Waals surface area contributed by atoms with E-state index in [0.29, 0.717) is 11.4 Å². The molecule has 0 atom stereocenters. The molecule has 7 nitrogen and oxygen atoms in total. The highest BCUT2D eigenvalue weighted by Gasteiger charge is 2.28. The van der Waals surface area contributed by atoms with Crippen molar-refractivity contribution in [2.24, 2.45) is 5.92 Å². The van der Waals surface area contributed by atoms with Gasteiger partial charge in [-0.2, -0.15) is 0 Å². The number of allylic oxidation sites excluding steroid dienone is 2. The van der Waals surface area contributed by atoms with E-state index in [4.69, 9.17) is 9.47 Å². The minimum Gasteiger partial charge on any atom is -0.465 e. The fraction of sp³-hybridized carbons (Fsp3) is 0.250. The summed E-state index contributed by atoms with van der Waals surface area (Å²) in [6.07, 6.45) is 6.37. The highest BCUT2D eigenvalue weighted by atomic mass is 16.5. The lowest BCUT2D eigenvalue weighted by atomic mass is 10.1. The topological polar surface area (TPSA) is 84.9 Å². The van der Waals surface area contributed by atoms with E-state index in [0.717, 1.165) is 0 Å². The molecular weight excluding hydrogens is 348 g/mol. The van der Waals surface area contributed by atoms with E-state index in [1.807, 2.05) is 0 Å². The molecule has 1 aromatic rings. The number of hydrogen-bond donors (Lipinski definition) is 1. The Bertz CT molecular complexity index is 837. The van der Waals surface area contributed by atoms with Crippen LogP contribution in [0.5, 0.6) is 0 Å². The summed E-state index contributed by atoms with van der Waals surface area (Å²) in [6.45, 7) is 3.56. The second-order valence-electron chi connectivity index (χ2n) is 5.98. The zero-order valence-electron chi connectivity index (χ0n) is 15.7. The van der Waals surface area contributed by atoms with E-state index < -0.39 is 11.9 Å². The molecule has 0 fully saturated rings. The van der Waals surface area contributed by atoms with Gasteiger partial charge in [-0.3, -0.25) is 4.79 Å². The normalized spacial score (nSPS) is 13.4. The molecule has 0 aromatic heterocycles. The number of rotatable bonds is 5. The van der Waals surface area contributed by atoms with Crippen LogP contribution in [0.15, 0.2) is 60.0 Å².